The summed E-state index contributed by atoms with van der Waals surface area (Å²) >= 11 is 0. The van der Waals surface area contributed by atoms with Crippen molar-refractivity contribution in [1.82, 2.24) is 0 Å². The predicted octanol–water partition coefficient (Wildman–Crippen LogP) is 2.27. The number of rotatable bonds is 7. The Bertz CT molecular complexity index is 690. The molecule has 0 aromatic rings. The molecule has 24 heavy (non-hydrogen) atoms. The number of hydrogen-bond acceptors (Lipinski definition) is 5. The Balaban J connectivity index is 2.25. The van der Waals surface area contributed by atoms with Crippen LogP contribution in [0.1, 0.15) is 32.6 Å². The third-order valence-electron chi connectivity index (χ3n) is 4.65. The SMILES string of the molecule is CCCS(=O)(=O)OC1CC2CC1C(C(F)(F)C(F)(F)S(=O)(=O)O)C2. The third kappa shape index (κ3) is 3.29. The number of alkyl halides is 4. The Morgan fingerprint density at radius 3 is 2.12 bits per heavy atom. The summed E-state index contributed by atoms with van der Waals surface area (Å²) < 4.78 is 113. The molecule has 2 saturated carbocycles. The fraction of sp³-hybridized carbons (Fsp3) is 1.00. The fourth-order valence-electron chi connectivity index (χ4n) is 3.69. The van der Waals surface area contributed by atoms with Gasteiger partial charge in [-0.3, -0.25) is 8.74 Å². The Morgan fingerprint density at radius 2 is 1.67 bits per heavy atom. The van der Waals surface area contributed by atoms with Crippen LogP contribution in [0.2, 0.25) is 0 Å². The van der Waals surface area contributed by atoms with Gasteiger partial charge in [0.1, 0.15) is 0 Å². The van der Waals surface area contributed by atoms with Gasteiger partial charge in [-0.2, -0.15) is 34.4 Å². The van der Waals surface area contributed by atoms with Gasteiger partial charge in [0.25, 0.3) is 10.1 Å². The Kier molecular flexibility index (Phi) is 5.01. The van der Waals surface area contributed by atoms with Gasteiger partial charge in [0, 0.05) is 5.92 Å². The first-order chi connectivity index (χ1) is 10.7. The summed E-state index contributed by atoms with van der Waals surface area (Å²) in [5.41, 5.74) is 0. The van der Waals surface area contributed by atoms with Gasteiger partial charge in [-0.15, -0.1) is 0 Å². The molecule has 2 aliphatic rings. The molecule has 0 amide bonds. The first-order valence-electron chi connectivity index (χ1n) is 7.36. The minimum atomic E-state index is -6.32. The molecule has 2 fully saturated rings. The lowest BCUT2D eigenvalue weighted by atomic mass is 9.82. The summed E-state index contributed by atoms with van der Waals surface area (Å²) in [6.07, 6.45) is -1.14. The van der Waals surface area contributed by atoms with Crippen LogP contribution in [0.15, 0.2) is 0 Å². The van der Waals surface area contributed by atoms with E-state index >= 15 is 0 Å². The van der Waals surface area contributed by atoms with Crippen LogP contribution in [-0.4, -0.2) is 44.4 Å². The van der Waals surface area contributed by atoms with Gasteiger partial charge in [0.15, 0.2) is 0 Å². The van der Waals surface area contributed by atoms with E-state index in [1.165, 1.54) is 0 Å². The minimum absolute atomic E-state index is 0.0497. The molecule has 4 unspecified atom stereocenters. The van der Waals surface area contributed by atoms with Crippen molar-refractivity contribution in [2.24, 2.45) is 17.8 Å². The highest BCUT2D eigenvalue weighted by atomic mass is 32.2. The monoisotopic (exact) mass is 398 g/mol. The van der Waals surface area contributed by atoms with Crippen LogP contribution >= 0.6 is 0 Å². The molecular formula is C12H18F4O6S2. The van der Waals surface area contributed by atoms with Gasteiger partial charge >= 0.3 is 21.3 Å². The molecule has 0 radical (unpaired) electrons. The summed E-state index contributed by atoms with van der Waals surface area (Å²) in [6, 6.07) is 0. The normalized spacial score (nSPS) is 31.6. The zero-order valence-electron chi connectivity index (χ0n) is 12.7. The summed E-state index contributed by atoms with van der Waals surface area (Å²) in [6.45, 7) is 1.57. The second kappa shape index (κ2) is 6.06. The minimum Gasteiger partial charge on any atom is -0.281 e. The van der Waals surface area contributed by atoms with Gasteiger partial charge in [-0.25, -0.2) is 0 Å². The maximum Gasteiger partial charge on any atom is 0.431 e. The van der Waals surface area contributed by atoms with Crippen molar-refractivity contribution in [3.05, 3.63) is 0 Å². The highest BCUT2D eigenvalue weighted by Crippen LogP contribution is 2.59. The molecule has 0 aliphatic heterocycles. The second-order valence-corrected chi connectivity index (χ2v) is 9.53. The van der Waals surface area contributed by atoms with Crippen molar-refractivity contribution in [1.29, 1.82) is 0 Å². The van der Waals surface area contributed by atoms with E-state index in [2.05, 4.69) is 0 Å². The molecule has 0 aromatic carbocycles. The van der Waals surface area contributed by atoms with Crippen LogP contribution in [0.4, 0.5) is 17.6 Å². The number of hydrogen-bond donors (Lipinski definition) is 1. The van der Waals surface area contributed by atoms with E-state index in [0.29, 0.717) is 0 Å². The van der Waals surface area contributed by atoms with Crippen LogP contribution in [-0.2, 0) is 24.4 Å². The van der Waals surface area contributed by atoms with E-state index < -0.39 is 55.3 Å². The molecule has 0 saturated heterocycles. The van der Waals surface area contributed by atoms with Gasteiger partial charge < -0.3 is 0 Å². The molecule has 142 valence electrons. The van der Waals surface area contributed by atoms with Crippen molar-refractivity contribution in [2.45, 2.75) is 49.9 Å². The van der Waals surface area contributed by atoms with Crippen LogP contribution in [0, 0.1) is 17.8 Å². The smallest absolute Gasteiger partial charge is 0.281 e. The zero-order valence-corrected chi connectivity index (χ0v) is 14.3. The van der Waals surface area contributed by atoms with Crippen LogP contribution in [0.25, 0.3) is 0 Å². The van der Waals surface area contributed by atoms with E-state index in [1.807, 2.05) is 0 Å². The van der Waals surface area contributed by atoms with Crippen molar-refractivity contribution in [3.63, 3.8) is 0 Å². The van der Waals surface area contributed by atoms with Crippen molar-refractivity contribution < 1.29 is 43.1 Å². The van der Waals surface area contributed by atoms with E-state index in [-0.39, 0.29) is 31.4 Å². The predicted molar refractivity (Wildman–Crippen MR) is 74.7 cm³/mol. The lowest BCUT2D eigenvalue weighted by molar-refractivity contribution is -0.208. The highest BCUT2D eigenvalue weighted by Gasteiger charge is 2.72. The Hall–Kier alpha value is -0.460. The van der Waals surface area contributed by atoms with Crippen LogP contribution in [0.3, 0.4) is 0 Å². The Morgan fingerprint density at radius 1 is 1.08 bits per heavy atom. The van der Waals surface area contributed by atoms with Crippen LogP contribution < -0.4 is 0 Å². The highest BCUT2D eigenvalue weighted by molar-refractivity contribution is 7.87. The summed E-state index contributed by atoms with van der Waals surface area (Å²) in [4.78, 5) is 0. The van der Waals surface area contributed by atoms with Crippen molar-refractivity contribution in [3.8, 4) is 0 Å². The largest absolute Gasteiger partial charge is 0.431 e. The first kappa shape index (κ1) is 19.9. The standard InChI is InChI=1S/C12H18F4O6S2/c1-2-3-23(17,18)22-10-6-7-4-8(10)9(5-7)11(13,14)12(15,16)24(19,20)21/h7-10H,2-6H2,1H3,(H,19,20,21). The summed E-state index contributed by atoms with van der Waals surface area (Å²) in [7, 11) is -10.3. The number of halogens is 4. The first-order valence-corrected chi connectivity index (χ1v) is 10.4. The van der Waals surface area contributed by atoms with Gasteiger partial charge in [0.05, 0.1) is 11.9 Å². The molecule has 2 aliphatic carbocycles. The lowest BCUT2D eigenvalue weighted by Gasteiger charge is -2.36. The molecule has 12 heteroatoms. The Labute approximate surface area is 137 Å². The molecule has 2 bridgehead atoms. The maximum absolute atomic E-state index is 14.1. The molecule has 4 atom stereocenters. The van der Waals surface area contributed by atoms with Crippen molar-refractivity contribution >= 4 is 20.2 Å². The van der Waals surface area contributed by atoms with Crippen LogP contribution in [0.5, 0.6) is 0 Å². The van der Waals surface area contributed by atoms with Gasteiger partial charge in [0.2, 0.25) is 0 Å². The molecular weight excluding hydrogens is 380 g/mol. The second-order valence-electron chi connectivity index (χ2n) is 6.35. The molecule has 6 nitrogen and oxygen atoms in total. The molecule has 0 spiro atoms. The van der Waals surface area contributed by atoms with E-state index in [1.54, 1.807) is 6.92 Å². The average Bonchev–Trinajstić information content (AvgIpc) is 2.96. The molecule has 0 heterocycles. The maximum atomic E-state index is 14.1. The lowest BCUT2D eigenvalue weighted by Crippen LogP contribution is -2.54. The fourth-order valence-corrected chi connectivity index (χ4v) is 5.38. The molecule has 1 N–H and O–H groups in total. The molecule has 2 rings (SSSR count). The molecule has 0 aromatic heterocycles. The topological polar surface area (TPSA) is 97.7 Å². The van der Waals surface area contributed by atoms with E-state index in [9.17, 15) is 34.4 Å². The quantitative estimate of drug-likeness (QED) is 0.401. The van der Waals surface area contributed by atoms with Gasteiger partial charge in [-0.1, -0.05) is 6.92 Å². The zero-order chi connectivity index (χ0) is 18.6. The van der Waals surface area contributed by atoms with E-state index in [0.717, 1.165) is 0 Å². The van der Waals surface area contributed by atoms with Crippen molar-refractivity contribution in [2.75, 3.05) is 5.75 Å². The summed E-state index contributed by atoms with van der Waals surface area (Å²) in [5, 5.41) is -5.65. The summed E-state index contributed by atoms with van der Waals surface area (Å²) in [5.74, 6) is -9.12. The van der Waals surface area contributed by atoms with E-state index in [4.69, 9.17) is 8.74 Å². The average molecular weight is 398 g/mol. The van der Waals surface area contributed by atoms with Gasteiger partial charge in [-0.05, 0) is 37.5 Å². The third-order valence-corrected chi connectivity index (χ3v) is 7.02. The number of fused-ring (bicyclic) bond motifs is 2.